The van der Waals surface area contributed by atoms with Crippen LogP contribution in [0.2, 0.25) is 0 Å². The summed E-state index contributed by atoms with van der Waals surface area (Å²) in [6.07, 6.45) is 25.4. The largest absolute Gasteiger partial charge is 0.462 e. The molecular weight excluding hydrogens is 655 g/mol. The molecule has 6 heteroatoms. The van der Waals surface area contributed by atoms with Crippen molar-refractivity contribution in [3.8, 4) is 0 Å². The maximum absolute atomic E-state index is 13.2. The van der Waals surface area contributed by atoms with E-state index >= 15 is 0 Å². The van der Waals surface area contributed by atoms with E-state index in [-0.39, 0.29) is 35.5 Å². The van der Waals surface area contributed by atoms with Gasteiger partial charge < -0.3 is 21.1 Å². The number of nitrogens with zero attached hydrogens (tertiary/aromatic N) is 1. The topological polar surface area (TPSA) is 98.7 Å². The van der Waals surface area contributed by atoms with Crippen molar-refractivity contribution in [1.29, 1.82) is 0 Å². The monoisotopic (exact) mass is 740 g/mol. The third kappa shape index (κ3) is 11.8. The molecule has 0 aromatic carbocycles. The number of fused-ring (bicyclic) bond motifs is 5. The molecule has 6 nitrogen and oxygen atoms in total. The van der Waals surface area contributed by atoms with Crippen LogP contribution in [0, 0.1) is 52.3 Å². The molecule has 0 spiro atoms. The van der Waals surface area contributed by atoms with E-state index in [4.69, 9.17) is 16.2 Å². The van der Waals surface area contributed by atoms with Gasteiger partial charge in [0.1, 0.15) is 6.10 Å². The predicted octanol–water partition coefficient (Wildman–Crippen LogP) is 11.0. The molecule has 3 fully saturated rings. The highest BCUT2D eigenvalue weighted by Gasteiger charge is 2.59. The predicted molar refractivity (Wildman–Crippen MR) is 222 cm³/mol. The molecule has 4 N–H and O–H groups in total. The third-order valence-corrected chi connectivity index (χ3v) is 15.6. The number of carbonyl (C=O) groups is 2. The third-order valence-electron chi connectivity index (χ3n) is 15.6. The summed E-state index contributed by atoms with van der Waals surface area (Å²) in [7, 11) is 0. The Morgan fingerprint density at radius 3 is 2.23 bits per heavy atom. The minimum absolute atomic E-state index is 0.0203. The van der Waals surface area contributed by atoms with Gasteiger partial charge in [0.2, 0.25) is 5.91 Å². The average Bonchev–Trinajstić information content (AvgIpc) is 3.46. The van der Waals surface area contributed by atoms with Crippen LogP contribution in [0.15, 0.2) is 11.6 Å². The first-order valence-electron chi connectivity index (χ1n) is 22.9. The second-order valence-corrected chi connectivity index (χ2v) is 19.8. The lowest BCUT2D eigenvalue weighted by atomic mass is 9.47. The number of ether oxygens (including phenoxy) is 1. The highest BCUT2D eigenvalue weighted by Crippen LogP contribution is 2.67. The Balaban J connectivity index is 1.23. The minimum atomic E-state index is -0.132. The molecule has 4 aliphatic rings. The lowest BCUT2D eigenvalue weighted by molar-refractivity contribution is -0.151. The van der Waals surface area contributed by atoms with Crippen LogP contribution in [-0.4, -0.2) is 48.1 Å². The van der Waals surface area contributed by atoms with E-state index in [1.54, 1.807) is 5.57 Å². The van der Waals surface area contributed by atoms with Crippen LogP contribution in [0.5, 0.6) is 0 Å². The second kappa shape index (κ2) is 20.7. The number of rotatable bonds is 22. The SMILES string of the molecule is CC[C@H](CC[C@@H](C)C1CCC2C3CC=C4CC(OC(=O)CCCC(=O)N(CCCCCCCC(C)N)CCC(C)N)CCC4(C)C3CCC21C)C(C)C. The van der Waals surface area contributed by atoms with Gasteiger partial charge in [-0.25, -0.2) is 0 Å². The highest BCUT2D eigenvalue weighted by atomic mass is 16.5. The summed E-state index contributed by atoms with van der Waals surface area (Å²) in [4.78, 5) is 28.3. The van der Waals surface area contributed by atoms with Crippen molar-refractivity contribution in [2.75, 3.05) is 13.1 Å². The molecule has 0 radical (unpaired) electrons. The van der Waals surface area contributed by atoms with Crippen molar-refractivity contribution in [2.45, 2.75) is 208 Å². The average molecular weight is 740 g/mol. The summed E-state index contributed by atoms with van der Waals surface area (Å²) in [6, 6.07) is 0.349. The van der Waals surface area contributed by atoms with Crippen LogP contribution in [0.1, 0.15) is 190 Å². The van der Waals surface area contributed by atoms with Gasteiger partial charge in [0.05, 0.1) is 0 Å². The Labute approximate surface area is 327 Å². The van der Waals surface area contributed by atoms with Gasteiger partial charge in [-0.15, -0.1) is 0 Å². The molecule has 4 aliphatic carbocycles. The van der Waals surface area contributed by atoms with Gasteiger partial charge >= 0.3 is 5.97 Å². The minimum Gasteiger partial charge on any atom is -0.462 e. The number of hydrogen-bond donors (Lipinski definition) is 2. The Bertz CT molecular complexity index is 1170. The fourth-order valence-corrected chi connectivity index (χ4v) is 12.2. The molecule has 1 amide bonds. The van der Waals surface area contributed by atoms with Crippen molar-refractivity contribution in [3.05, 3.63) is 11.6 Å². The highest BCUT2D eigenvalue weighted by molar-refractivity contribution is 5.77. The van der Waals surface area contributed by atoms with E-state index in [0.717, 1.165) is 92.9 Å². The van der Waals surface area contributed by atoms with Crippen molar-refractivity contribution in [2.24, 2.45) is 63.7 Å². The van der Waals surface area contributed by atoms with E-state index in [0.29, 0.717) is 31.2 Å². The molecule has 3 saturated carbocycles. The Hall–Kier alpha value is -1.40. The quantitative estimate of drug-likeness (QED) is 0.0654. The van der Waals surface area contributed by atoms with E-state index in [1.807, 2.05) is 11.8 Å². The molecule has 306 valence electrons. The van der Waals surface area contributed by atoms with Crippen molar-refractivity contribution in [1.82, 2.24) is 4.90 Å². The van der Waals surface area contributed by atoms with Crippen LogP contribution in [-0.2, 0) is 14.3 Å². The normalized spacial score (nSPS) is 31.8. The Kier molecular flexibility index (Phi) is 17.3. The van der Waals surface area contributed by atoms with Crippen LogP contribution in [0.4, 0.5) is 0 Å². The zero-order valence-corrected chi connectivity index (χ0v) is 35.9. The van der Waals surface area contributed by atoms with E-state index < -0.39 is 0 Å². The lowest BCUT2D eigenvalue weighted by Gasteiger charge is -2.58. The van der Waals surface area contributed by atoms with E-state index in [9.17, 15) is 9.59 Å². The molecule has 11 atom stereocenters. The first-order valence-corrected chi connectivity index (χ1v) is 22.9. The Morgan fingerprint density at radius 2 is 1.53 bits per heavy atom. The zero-order chi connectivity index (χ0) is 38.8. The molecule has 4 rings (SSSR count). The molecule has 0 aliphatic heterocycles. The van der Waals surface area contributed by atoms with Gasteiger partial charge in [-0.3, -0.25) is 9.59 Å². The van der Waals surface area contributed by atoms with Crippen LogP contribution >= 0.6 is 0 Å². The lowest BCUT2D eigenvalue weighted by Crippen LogP contribution is -2.51. The molecule has 9 unspecified atom stereocenters. The fraction of sp³-hybridized carbons (Fsp3) is 0.915. The standard InChI is InChI=1S/C47H85N3O3/c1-9-37(33(2)3)20-19-34(4)41-23-24-42-40-22-21-38-32-39(25-28-46(38,7)43(40)26-29-47(41,42)8)53-45(52)18-15-17-44(51)50(31-27-36(6)49)30-14-12-10-11-13-16-35(5)48/h21,33-37,39-43H,9-20,22-32,48-49H2,1-8H3/t34-,35?,36?,37-,39?,40?,41?,42?,43?,46?,47?/m1/s1. The smallest absolute Gasteiger partial charge is 0.306 e. The van der Waals surface area contributed by atoms with Gasteiger partial charge in [0.25, 0.3) is 0 Å². The molecule has 0 aromatic heterocycles. The summed E-state index contributed by atoms with van der Waals surface area (Å²) in [5.41, 5.74) is 14.2. The van der Waals surface area contributed by atoms with Crippen molar-refractivity contribution in [3.63, 3.8) is 0 Å². The van der Waals surface area contributed by atoms with Gasteiger partial charge in [-0.05, 0) is 143 Å². The van der Waals surface area contributed by atoms with Crippen molar-refractivity contribution >= 4 is 11.9 Å². The second-order valence-electron chi connectivity index (χ2n) is 19.8. The van der Waals surface area contributed by atoms with E-state index in [1.165, 1.54) is 70.6 Å². The number of nitrogens with two attached hydrogens (primary N) is 2. The number of esters is 1. The van der Waals surface area contributed by atoms with Crippen LogP contribution in [0.3, 0.4) is 0 Å². The summed E-state index contributed by atoms with van der Waals surface area (Å²) < 4.78 is 6.13. The molecule has 0 aromatic rings. The van der Waals surface area contributed by atoms with Crippen LogP contribution < -0.4 is 11.5 Å². The molecule has 0 bridgehead atoms. The Morgan fingerprint density at radius 1 is 0.811 bits per heavy atom. The first-order chi connectivity index (χ1) is 25.2. The molecule has 0 saturated heterocycles. The number of amides is 1. The van der Waals surface area contributed by atoms with Gasteiger partial charge in [-0.2, -0.15) is 0 Å². The summed E-state index contributed by atoms with van der Waals surface area (Å²) in [6.45, 7) is 20.6. The van der Waals surface area contributed by atoms with Crippen LogP contribution in [0.25, 0.3) is 0 Å². The molecular formula is C47H85N3O3. The van der Waals surface area contributed by atoms with E-state index in [2.05, 4.69) is 54.5 Å². The first kappa shape index (κ1) is 44.3. The van der Waals surface area contributed by atoms with Gasteiger partial charge in [-0.1, -0.05) is 91.7 Å². The number of unbranched alkanes of at least 4 members (excludes halogenated alkanes) is 4. The van der Waals surface area contributed by atoms with Crippen molar-refractivity contribution < 1.29 is 14.3 Å². The van der Waals surface area contributed by atoms with Gasteiger partial charge in [0, 0.05) is 44.4 Å². The molecule has 53 heavy (non-hydrogen) atoms. The maximum atomic E-state index is 13.2. The maximum Gasteiger partial charge on any atom is 0.306 e. The summed E-state index contributed by atoms with van der Waals surface area (Å²) >= 11 is 0. The van der Waals surface area contributed by atoms with Gasteiger partial charge in [0.15, 0.2) is 0 Å². The number of hydrogen-bond acceptors (Lipinski definition) is 5. The fourth-order valence-electron chi connectivity index (χ4n) is 12.2. The number of carbonyl (C=O) groups excluding carboxylic acids is 2. The molecule has 0 heterocycles. The summed E-state index contributed by atoms with van der Waals surface area (Å²) in [5.74, 6) is 5.84. The zero-order valence-electron chi connectivity index (χ0n) is 35.9. The number of allylic oxidation sites excluding steroid dienone is 1. The summed E-state index contributed by atoms with van der Waals surface area (Å²) in [5, 5.41) is 0.